The topological polar surface area (TPSA) is 88.4 Å². The highest BCUT2D eigenvalue weighted by atomic mass is 19.1. The summed E-state index contributed by atoms with van der Waals surface area (Å²) in [7, 11) is 0. The number of halogens is 1. The average Bonchev–Trinajstić information content (AvgIpc) is 3.52. The number of nitrogens with one attached hydrogen (secondary N) is 1. The molecule has 0 saturated carbocycles. The maximum absolute atomic E-state index is 14.9. The molecule has 0 spiro atoms. The first-order chi connectivity index (χ1) is 15.6. The van der Waals surface area contributed by atoms with Gasteiger partial charge in [0.25, 0.3) is 5.91 Å². The van der Waals surface area contributed by atoms with Crippen LogP contribution in [0.5, 0.6) is 0 Å². The molecule has 0 radical (unpaired) electrons. The summed E-state index contributed by atoms with van der Waals surface area (Å²) in [6, 6.07) is 15.4. The third kappa shape index (κ3) is 3.08. The molecule has 0 aliphatic carbocycles. The SMILES string of the molecule is CCOC(=O)c1ccc(N2C(=O)c3n[nH]c(-c4ccco4)c3[C@H]2c2ccccc2F)cc1. The minimum Gasteiger partial charge on any atom is -0.463 e. The fraction of sp³-hybridized carbons (Fsp3) is 0.125. The lowest BCUT2D eigenvalue weighted by molar-refractivity contribution is 0.0526. The number of nitrogens with zero attached hydrogens (tertiary/aromatic N) is 2. The molecule has 7 nitrogen and oxygen atoms in total. The molecule has 1 N–H and O–H groups in total. The highest BCUT2D eigenvalue weighted by Crippen LogP contribution is 2.45. The summed E-state index contributed by atoms with van der Waals surface area (Å²) in [5.41, 5.74) is 2.42. The van der Waals surface area contributed by atoms with Gasteiger partial charge in [0.15, 0.2) is 11.5 Å². The van der Waals surface area contributed by atoms with E-state index in [4.69, 9.17) is 9.15 Å². The van der Waals surface area contributed by atoms with Gasteiger partial charge < -0.3 is 9.15 Å². The molecule has 32 heavy (non-hydrogen) atoms. The van der Waals surface area contributed by atoms with Crippen LogP contribution < -0.4 is 4.90 Å². The van der Waals surface area contributed by atoms with Crippen molar-refractivity contribution in [1.29, 1.82) is 0 Å². The molecule has 1 aliphatic heterocycles. The number of carbonyl (C=O) groups is 2. The third-order valence-electron chi connectivity index (χ3n) is 5.38. The van der Waals surface area contributed by atoms with E-state index in [1.165, 1.54) is 17.2 Å². The van der Waals surface area contributed by atoms with Gasteiger partial charge in [-0.25, -0.2) is 9.18 Å². The largest absolute Gasteiger partial charge is 0.463 e. The Hall–Kier alpha value is -4.20. The number of rotatable bonds is 5. The third-order valence-corrected chi connectivity index (χ3v) is 5.38. The standard InChI is InChI=1S/C24H18FN3O4/c1-2-31-24(30)14-9-11-15(12-10-14)28-22(16-6-3-4-7-17(16)25)19-20(18-8-5-13-32-18)26-27-21(19)23(28)29/h3-13,22H,2H2,1H3,(H,26,27)/t22-/m1/s1. The van der Waals surface area contributed by atoms with E-state index in [1.54, 1.807) is 61.5 Å². The Labute approximate surface area is 182 Å². The summed E-state index contributed by atoms with van der Waals surface area (Å²) in [4.78, 5) is 26.9. The van der Waals surface area contributed by atoms with E-state index in [1.807, 2.05) is 0 Å². The first-order valence-electron chi connectivity index (χ1n) is 10.1. The maximum Gasteiger partial charge on any atom is 0.338 e. The number of esters is 1. The molecule has 0 bridgehead atoms. The van der Waals surface area contributed by atoms with E-state index in [0.29, 0.717) is 33.8 Å². The van der Waals surface area contributed by atoms with Crippen molar-refractivity contribution in [3.8, 4) is 11.5 Å². The van der Waals surface area contributed by atoms with Gasteiger partial charge in [-0.2, -0.15) is 5.10 Å². The molecule has 0 fully saturated rings. The molecule has 2 aromatic heterocycles. The number of hydrogen-bond donors (Lipinski definition) is 1. The van der Waals surface area contributed by atoms with Crippen LogP contribution in [0.4, 0.5) is 10.1 Å². The monoisotopic (exact) mass is 431 g/mol. The fourth-order valence-electron chi connectivity index (χ4n) is 3.98. The van der Waals surface area contributed by atoms with Gasteiger partial charge in [0.1, 0.15) is 11.5 Å². The van der Waals surface area contributed by atoms with Crippen molar-refractivity contribution in [2.24, 2.45) is 0 Å². The summed E-state index contributed by atoms with van der Waals surface area (Å²) >= 11 is 0. The number of H-pyrrole nitrogens is 1. The molecule has 8 heteroatoms. The summed E-state index contributed by atoms with van der Waals surface area (Å²) in [5.74, 6) is -0.790. The number of ether oxygens (including phenoxy) is 1. The maximum atomic E-state index is 14.9. The van der Waals surface area contributed by atoms with E-state index in [2.05, 4.69) is 10.2 Å². The van der Waals surface area contributed by atoms with Crippen molar-refractivity contribution in [1.82, 2.24) is 10.2 Å². The lowest BCUT2D eigenvalue weighted by Crippen LogP contribution is -2.29. The zero-order chi connectivity index (χ0) is 22.2. The molecule has 1 amide bonds. The summed E-state index contributed by atoms with van der Waals surface area (Å²) in [6.45, 7) is 1.99. The van der Waals surface area contributed by atoms with Crippen molar-refractivity contribution in [3.63, 3.8) is 0 Å². The van der Waals surface area contributed by atoms with Crippen molar-refractivity contribution in [3.05, 3.63) is 95.1 Å². The fourth-order valence-corrected chi connectivity index (χ4v) is 3.98. The summed E-state index contributed by atoms with van der Waals surface area (Å²) < 4.78 is 25.5. The quantitative estimate of drug-likeness (QED) is 0.461. The van der Waals surface area contributed by atoms with E-state index < -0.39 is 17.8 Å². The van der Waals surface area contributed by atoms with Crippen LogP contribution in [-0.2, 0) is 4.74 Å². The Morgan fingerprint density at radius 1 is 1.16 bits per heavy atom. The van der Waals surface area contributed by atoms with Crippen LogP contribution in [0, 0.1) is 5.82 Å². The van der Waals surface area contributed by atoms with E-state index in [0.717, 1.165) is 0 Å². The molecule has 160 valence electrons. The van der Waals surface area contributed by atoms with Crippen LogP contribution in [-0.4, -0.2) is 28.7 Å². The highest BCUT2D eigenvalue weighted by Gasteiger charge is 2.44. The van der Waals surface area contributed by atoms with E-state index in [-0.39, 0.29) is 18.2 Å². The van der Waals surface area contributed by atoms with Gasteiger partial charge in [-0.3, -0.25) is 14.8 Å². The number of hydrogen-bond acceptors (Lipinski definition) is 5. The first kappa shape index (κ1) is 19.7. The molecule has 2 aromatic carbocycles. The van der Waals surface area contributed by atoms with Crippen molar-refractivity contribution >= 4 is 17.6 Å². The lowest BCUT2D eigenvalue weighted by Gasteiger charge is -2.26. The predicted octanol–water partition coefficient (Wildman–Crippen LogP) is 4.74. The van der Waals surface area contributed by atoms with Gasteiger partial charge in [-0.15, -0.1) is 0 Å². The number of aromatic amines is 1. The van der Waals surface area contributed by atoms with Crippen LogP contribution in [0.15, 0.2) is 71.3 Å². The van der Waals surface area contributed by atoms with Crippen molar-refractivity contribution in [2.75, 3.05) is 11.5 Å². The Balaban J connectivity index is 1.65. The summed E-state index contributed by atoms with van der Waals surface area (Å²) in [6.07, 6.45) is 1.52. The van der Waals surface area contributed by atoms with Crippen molar-refractivity contribution in [2.45, 2.75) is 13.0 Å². The lowest BCUT2D eigenvalue weighted by atomic mass is 9.97. The second-order valence-corrected chi connectivity index (χ2v) is 7.20. The number of amides is 1. The summed E-state index contributed by atoms with van der Waals surface area (Å²) in [5, 5.41) is 7.08. The zero-order valence-electron chi connectivity index (χ0n) is 17.0. The van der Waals surface area contributed by atoms with Crippen LogP contribution in [0.25, 0.3) is 11.5 Å². The smallest absolute Gasteiger partial charge is 0.338 e. The Morgan fingerprint density at radius 2 is 1.94 bits per heavy atom. The van der Waals surface area contributed by atoms with Crippen molar-refractivity contribution < 1.29 is 23.1 Å². The molecule has 1 aliphatic rings. The van der Waals surface area contributed by atoms with E-state index in [9.17, 15) is 14.0 Å². The van der Waals surface area contributed by atoms with Gasteiger partial charge in [0, 0.05) is 16.8 Å². The molecular formula is C24H18FN3O4. The average molecular weight is 431 g/mol. The number of furan rings is 1. The molecule has 0 unspecified atom stereocenters. The number of anilines is 1. The van der Waals surface area contributed by atoms with Crippen LogP contribution >= 0.6 is 0 Å². The van der Waals surface area contributed by atoms with E-state index >= 15 is 0 Å². The Kier molecular flexibility index (Phi) is 4.82. The predicted molar refractivity (Wildman–Crippen MR) is 114 cm³/mol. The minimum atomic E-state index is -0.772. The molecule has 3 heterocycles. The Morgan fingerprint density at radius 3 is 2.62 bits per heavy atom. The number of fused-ring (bicyclic) bond motifs is 1. The van der Waals surface area contributed by atoms with Gasteiger partial charge >= 0.3 is 5.97 Å². The second-order valence-electron chi connectivity index (χ2n) is 7.20. The number of aromatic nitrogens is 2. The van der Waals surface area contributed by atoms with Gasteiger partial charge in [0.2, 0.25) is 0 Å². The molecule has 5 rings (SSSR count). The van der Waals surface area contributed by atoms with Crippen LogP contribution in [0.2, 0.25) is 0 Å². The Bertz CT molecular complexity index is 1300. The highest BCUT2D eigenvalue weighted by molar-refractivity contribution is 6.11. The zero-order valence-corrected chi connectivity index (χ0v) is 17.0. The first-order valence-corrected chi connectivity index (χ1v) is 10.1. The number of benzene rings is 2. The van der Waals surface area contributed by atoms with Gasteiger partial charge in [-0.1, -0.05) is 18.2 Å². The molecule has 0 saturated heterocycles. The molecule has 1 atom stereocenters. The normalized spacial score (nSPS) is 15.1. The minimum absolute atomic E-state index is 0.194. The van der Waals surface area contributed by atoms with Gasteiger partial charge in [-0.05, 0) is 49.4 Å². The van der Waals surface area contributed by atoms with Gasteiger partial charge in [0.05, 0.1) is 24.5 Å². The van der Waals surface area contributed by atoms with Crippen LogP contribution in [0.3, 0.4) is 0 Å². The molecule has 4 aromatic rings. The van der Waals surface area contributed by atoms with Crippen LogP contribution in [0.1, 0.15) is 44.9 Å². The molecular weight excluding hydrogens is 413 g/mol. The number of carbonyl (C=O) groups excluding carboxylic acids is 2. The second kappa shape index (κ2) is 7.81.